The zero-order chi connectivity index (χ0) is 26.0. The minimum absolute atomic E-state index is 0.0893. The monoisotopic (exact) mass is 498 g/mol. The molecule has 194 valence electrons. The predicted octanol–water partition coefficient (Wildman–Crippen LogP) is 5.77. The van der Waals surface area contributed by atoms with Crippen LogP contribution in [0, 0.1) is 13.8 Å². The second kappa shape index (κ2) is 13.1. The lowest BCUT2D eigenvalue weighted by atomic mass is 9.94. The first kappa shape index (κ1) is 26.5. The summed E-state index contributed by atoms with van der Waals surface area (Å²) in [4.78, 5) is 29.3. The molecule has 4 rings (SSSR count). The summed E-state index contributed by atoms with van der Waals surface area (Å²) in [5, 5.41) is 3.28. The number of benzene rings is 3. The van der Waals surface area contributed by atoms with E-state index in [-0.39, 0.29) is 24.5 Å². The van der Waals surface area contributed by atoms with Crippen molar-refractivity contribution in [3.05, 3.63) is 101 Å². The van der Waals surface area contributed by atoms with Crippen LogP contribution in [0.2, 0.25) is 0 Å². The lowest BCUT2D eigenvalue weighted by Crippen LogP contribution is -2.53. The van der Waals surface area contributed by atoms with Crippen LogP contribution in [0.5, 0.6) is 5.75 Å². The Hall–Kier alpha value is -3.60. The van der Waals surface area contributed by atoms with E-state index in [0.717, 1.165) is 47.9 Å². The number of nitrogens with zero attached hydrogens (tertiary/aromatic N) is 1. The Bertz CT molecular complexity index is 1170. The van der Waals surface area contributed by atoms with E-state index in [1.165, 1.54) is 6.42 Å². The first-order valence-corrected chi connectivity index (χ1v) is 13.4. The van der Waals surface area contributed by atoms with Crippen LogP contribution in [0.25, 0.3) is 0 Å². The summed E-state index contributed by atoms with van der Waals surface area (Å²) in [5.41, 5.74) is 4.10. The predicted molar refractivity (Wildman–Crippen MR) is 147 cm³/mol. The van der Waals surface area contributed by atoms with E-state index >= 15 is 0 Å². The Balaban J connectivity index is 1.62. The van der Waals surface area contributed by atoms with E-state index in [4.69, 9.17) is 4.74 Å². The third-order valence-electron chi connectivity index (χ3n) is 7.27. The van der Waals surface area contributed by atoms with Gasteiger partial charge in [0.2, 0.25) is 5.91 Å². The summed E-state index contributed by atoms with van der Waals surface area (Å²) < 4.78 is 5.95. The van der Waals surface area contributed by atoms with Crippen molar-refractivity contribution in [1.29, 1.82) is 0 Å². The highest BCUT2D eigenvalue weighted by molar-refractivity contribution is 5.88. The lowest BCUT2D eigenvalue weighted by molar-refractivity contribution is -0.143. The van der Waals surface area contributed by atoms with E-state index in [1.54, 1.807) is 4.90 Å². The Labute approximate surface area is 220 Å². The quantitative estimate of drug-likeness (QED) is 0.386. The van der Waals surface area contributed by atoms with E-state index in [9.17, 15) is 9.59 Å². The molecule has 3 aromatic rings. The molecule has 1 saturated carbocycles. The summed E-state index contributed by atoms with van der Waals surface area (Å²) in [5.74, 6) is 0.387. The highest BCUT2D eigenvalue weighted by Crippen LogP contribution is 2.21. The van der Waals surface area contributed by atoms with Crippen molar-refractivity contribution >= 4 is 11.8 Å². The van der Waals surface area contributed by atoms with Crippen molar-refractivity contribution in [2.75, 3.05) is 6.61 Å². The molecular formula is C32H38N2O3. The van der Waals surface area contributed by atoms with Gasteiger partial charge in [0.1, 0.15) is 11.8 Å². The van der Waals surface area contributed by atoms with Gasteiger partial charge in [-0.1, -0.05) is 92.1 Å². The average molecular weight is 499 g/mol. The molecule has 5 nitrogen and oxygen atoms in total. The molecule has 0 bridgehead atoms. The number of hydrogen-bond acceptors (Lipinski definition) is 3. The Morgan fingerprint density at radius 2 is 1.51 bits per heavy atom. The van der Waals surface area contributed by atoms with E-state index in [1.807, 2.05) is 92.7 Å². The summed E-state index contributed by atoms with van der Waals surface area (Å²) >= 11 is 0. The topological polar surface area (TPSA) is 58.6 Å². The van der Waals surface area contributed by atoms with Gasteiger partial charge < -0.3 is 15.0 Å². The van der Waals surface area contributed by atoms with Crippen molar-refractivity contribution in [1.82, 2.24) is 10.2 Å². The zero-order valence-electron chi connectivity index (χ0n) is 22.0. The molecule has 5 heteroatoms. The minimum Gasteiger partial charge on any atom is -0.484 e. The second-order valence-corrected chi connectivity index (χ2v) is 10.1. The van der Waals surface area contributed by atoms with E-state index < -0.39 is 6.04 Å². The summed E-state index contributed by atoms with van der Waals surface area (Å²) in [7, 11) is 0. The van der Waals surface area contributed by atoms with Gasteiger partial charge in [-0.05, 0) is 55.0 Å². The molecule has 1 aliphatic carbocycles. The van der Waals surface area contributed by atoms with Gasteiger partial charge >= 0.3 is 0 Å². The SMILES string of the molecule is Cc1ccccc1CN(C(=O)COc1ccccc1C)[C@@H](Cc1ccccc1)C(=O)NC1CCCCC1. The molecule has 37 heavy (non-hydrogen) atoms. The Morgan fingerprint density at radius 1 is 0.865 bits per heavy atom. The van der Waals surface area contributed by atoms with Crippen LogP contribution in [0.1, 0.15) is 54.4 Å². The number of para-hydroxylation sites is 1. The number of rotatable bonds is 10. The third-order valence-corrected chi connectivity index (χ3v) is 7.27. The number of carbonyl (C=O) groups excluding carboxylic acids is 2. The van der Waals surface area contributed by atoms with Gasteiger partial charge in [0.05, 0.1) is 0 Å². The fourth-order valence-corrected chi connectivity index (χ4v) is 5.01. The molecule has 1 fully saturated rings. The fraction of sp³-hybridized carbons (Fsp3) is 0.375. The highest BCUT2D eigenvalue weighted by atomic mass is 16.5. The maximum absolute atomic E-state index is 13.8. The minimum atomic E-state index is -0.642. The van der Waals surface area contributed by atoms with Crippen LogP contribution in [-0.2, 0) is 22.6 Å². The maximum atomic E-state index is 13.8. The van der Waals surface area contributed by atoms with Crippen LogP contribution >= 0.6 is 0 Å². The molecule has 0 saturated heterocycles. The molecule has 1 atom stereocenters. The number of amides is 2. The van der Waals surface area contributed by atoms with Gasteiger partial charge in [0.25, 0.3) is 5.91 Å². The van der Waals surface area contributed by atoms with Gasteiger partial charge in [0.15, 0.2) is 6.61 Å². The van der Waals surface area contributed by atoms with Crippen molar-refractivity contribution in [2.24, 2.45) is 0 Å². The van der Waals surface area contributed by atoms with Crippen LogP contribution in [0.3, 0.4) is 0 Å². The fourth-order valence-electron chi connectivity index (χ4n) is 5.01. The van der Waals surface area contributed by atoms with Crippen molar-refractivity contribution in [3.63, 3.8) is 0 Å². The van der Waals surface area contributed by atoms with Crippen molar-refractivity contribution in [3.8, 4) is 5.75 Å². The molecule has 3 aromatic carbocycles. The van der Waals surface area contributed by atoms with Crippen LogP contribution in [-0.4, -0.2) is 35.4 Å². The van der Waals surface area contributed by atoms with Gasteiger partial charge in [-0.15, -0.1) is 0 Å². The maximum Gasteiger partial charge on any atom is 0.261 e. The van der Waals surface area contributed by atoms with E-state index in [0.29, 0.717) is 18.7 Å². The largest absolute Gasteiger partial charge is 0.484 e. The summed E-state index contributed by atoms with van der Waals surface area (Å²) in [6.07, 6.45) is 5.90. The normalized spacial score (nSPS) is 14.5. The molecule has 0 aliphatic heterocycles. The summed E-state index contributed by atoms with van der Waals surface area (Å²) in [6.45, 7) is 4.22. The van der Waals surface area contributed by atoms with Crippen LogP contribution < -0.4 is 10.1 Å². The second-order valence-electron chi connectivity index (χ2n) is 10.1. The molecule has 1 aliphatic rings. The van der Waals surface area contributed by atoms with Gasteiger partial charge in [-0.2, -0.15) is 0 Å². The summed E-state index contributed by atoms with van der Waals surface area (Å²) in [6, 6.07) is 25.2. The highest BCUT2D eigenvalue weighted by Gasteiger charge is 2.32. The van der Waals surface area contributed by atoms with Gasteiger partial charge in [-0.25, -0.2) is 0 Å². The molecule has 0 unspecified atom stereocenters. The van der Waals surface area contributed by atoms with Crippen LogP contribution in [0.15, 0.2) is 78.9 Å². The molecule has 1 N–H and O–H groups in total. The average Bonchev–Trinajstić information content (AvgIpc) is 2.92. The molecule has 2 amide bonds. The zero-order valence-corrected chi connectivity index (χ0v) is 22.0. The molecular weight excluding hydrogens is 460 g/mol. The first-order chi connectivity index (χ1) is 18.0. The number of nitrogens with one attached hydrogen (secondary N) is 1. The van der Waals surface area contributed by atoms with Crippen LogP contribution in [0.4, 0.5) is 0 Å². The molecule has 0 radical (unpaired) electrons. The van der Waals surface area contributed by atoms with Gasteiger partial charge in [-0.3, -0.25) is 9.59 Å². The first-order valence-electron chi connectivity index (χ1n) is 13.4. The molecule has 0 heterocycles. The number of aryl methyl sites for hydroxylation is 2. The number of carbonyl (C=O) groups is 2. The van der Waals surface area contributed by atoms with Gasteiger partial charge in [0, 0.05) is 19.0 Å². The molecule has 0 aromatic heterocycles. The lowest BCUT2D eigenvalue weighted by Gasteiger charge is -2.33. The smallest absolute Gasteiger partial charge is 0.261 e. The third kappa shape index (κ3) is 7.45. The number of ether oxygens (including phenoxy) is 1. The van der Waals surface area contributed by atoms with Crippen molar-refractivity contribution in [2.45, 2.75) is 71.0 Å². The van der Waals surface area contributed by atoms with E-state index in [2.05, 4.69) is 5.32 Å². The Morgan fingerprint density at radius 3 is 2.22 bits per heavy atom. The molecule has 0 spiro atoms. The van der Waals surface area contributed by atoms with Crippen molar-refractivity contribution < 1.29 is 14.3 Å². The number of hydrogen-bond donors (Lipinski definition) is 1. The standard InChI is InChI=1S/C32H38N2O3/c1-24-13-9-11-17-27(24)22-34(31(35)23-37-30-20-12-10-14-25(30)2)29(21-26-15-5-3-6-16-26)32(36)33-28-18-7-4-8-19-28/h3,5-6,9-17,20,28-29H,4,7-8,18-19,21-23H2,1-2H3,(H,33,36)/t29-/m0/s1. The Kier molecular flexibility index (Phi) is 9.36.